The first-order valence-electron chi connectivity index (χ1n) is 5.06. The molecular formula is C11H6F5NO3S. The van der Waals surface area contributed by atoms with Crippen LogP contribution in [0.1, 0.15) is 0 Å². The van der Waals surface area contributed by atoms with Gasteiger partial charge in [-0.2, -0.15) is 0 Å². The van der Waals surface area contributed by atoms with Crippen LogP contribution in [0.25, 0.3) is 0 Å². The maximum absolute atomic E-state index is 12.6. The number of hydrogen-bond acceptors (Lipinski definition) is 3. The Hall–Kier alpha value is -2.07. The number of pyridine rings is 1. The van der Waals surface area contributed by atoms with Gasteiger partial charge in [0.2, 0.25) is 5.82 Å². The second kappa shape index (κ2) is 6.59. The molecule has 2 aromatic rings. The zero-order chi connectivity index (χ0) is 16.2. The Morgan fingerprint density at radius 2 is 1.14 bits per heavy atom. The summed E-state index contributed by atoms with van der Waals surface area (Å²) in [6.07, 6.45) is 3.75. The van der Waals surface area contributed by atoms with Gasteiger partial charge in [-0.25, -0.2) is 35.4 Å². The van der Waals surface area contributed by atoms with Crippen LogP contribution in [0.15, 0.2) is 35.5 Å². The van der Waals surface area contributed by atoms with Crippen LogP contribution in [0.3, 0.4) is 0 Å². The van der Waals surface area contributed by atoms with Gasteiger partial charge in [-0.1, -0.05) is 6.07 Å². The smallest absolute Gasteiger partial charge is 0.200 e. The van der Waals surface area contributed by atoms with Gasteiger partial charge in [0, 0.05) is 12.1 Å². The van der Waals surface area contributed by atoms with E-state index < -0.39 is 44.1 Å². The first-order valence-corrected chi connectivity index (χ1v) is 6.47. The Balaban J connectivity index is 0.000000304. The van der Waals surface area contributed by atoms with Gasteiger partial charge in [0.05, 0.1) is 0 Å². The number of hydrogen-bond donors (Lipinski definition) is 0. The highest BCUT2D eigenvalue weighted by Crippen LogP contribution is 2.26. The molecule has 10 heteroatoms. The number of nitrogens with one attached hydrogen (secondary N) is 1. The standard InChI is InChI=1S/C6HF5O3S.C5H5N/c7-1-2(8)4(10)6(15(12,13)14)5(11)3(1)9;1-2-4-6-5-3-1/h(H,12,13,14);1-5H. The molecule has 114 valence electrons. The average Bonchev–Trinajstić information content (AvgIpc) is 2.44. The maximum atomic E-state index is 12.6. The molecule has 0 saturated carbocycles. The minimum Gasteiger partial charge on any atom is -0.744 e. The number of halogens is 5. The molecule has 1 aromatic heterocycles. The number of aromatic nitrogens is 1. The lowest BCUT2D eigenvalue weighted by Crippen LogP contribution is -2.12. The SMILES string of the molecule is O=S(=O)([O-])c1c(F)c(F)c(F)c(F)c1F.c1cc[nH+]cc1. The fourth-order valence-electron chi connectivity index (χ4n) is 1.15. The topological polar surface area (TPSA) is 71.3 Å². The van der Waals surface area contributed by atoms with Crippen LogP contribution in [-0.2, 0) is 10.1 Å². The zero-order valence-corrected chi connectivity index (χ0v) is 10.7. The monoisotopic (exact) mass is 327 g/mol. The quantitative estimate of drug-likeness (QED) is 0.347. The summed E-state index contributed by atoms with van der Waals surface area (Å²) in [6, 6.07) is 5.86. The van der Waals surface area contributed by atoms with Gasteiger partial charge < -0.3 is 4.55 Å². The first-order chi connectivity index (χ1) is 9.68. The molecule has 4 nitrogen and oxygen atoms in total. The minimum absolute atomic E-state index is 1.88. The molecule has 1 heterocycles. The molecule has 0 fully saturated rings. The largest absolute Gasteiger partial charge is 0.744 e. The Bertz CT molecular complexity index is 682. The molecule has 0 radical (unpaired) electrons. The molecule has 0 saturated heterocycles. The summed E-state index contributed by atoms with van der Waals surface area (Å²) >= 11 is 0. The summed E-state index contributed by atoms with van der Waals surface area (Å²) < 4.78 is 92.9. The zero-order valence-electron chi connectivity index (χ0n) is 9.91. The normalized spacial score (nSPS) is 10.8. The fraction of sp³-hybridized carbons (Fsp3) is 0. The lowest BCUT2D eigenvalue weighted by Gasteiger charge is -2.10. The molecule has 0 spiro atoms. The van der Waals surface area contributed by atoms with Crippen molar-refractivity contribution in [2.75, 3.05) is 0 Å². The van der Waals surface area contributed by atoms with Crippen molar-refractivity contribution < 1.29 is 39.9 Å². The molecular weight excluding hydrogens is 321 g/mol. The predicted molar refractivity (Wildman–Crippen MR) is 57.2 cm³/mol. The van der Waals surface area contributed by atoms with E-state index in [0.29, 0.717) is 0 Å². The Morgan fingerprint density at radius 1 is 0.762 bits per heavy atom. The van der Waals surface area contributed by atoms with Gasteiger partial charge in [-0.15, -0.1) is 0 Å². The van der Waals surface area contributed by atoms with Crippen LogP contribution >= 0.6 is 0 Å². The predicted octanol–water partition coefficient (Wildman–Crippen LogP) is 1.79. The molecule has 0 aliphatic heterocycles. The summed E-state index contributed by atoms with van der Waals surface area (Å²) in [5.41, 5.74) is 0. The van der Waals surface area contributed by atoms with E-state index in [2.05, 4.69) is 4.98 Å². The molecule has 0 amide bonds. The summed E-state index contributed by atoms with van der Waals surface area (Å²) in [5, 5.41) is 0. The van der Waals surface area contributed by atoms with E-state index in [1.165, 1.54) is 0 Å². The Labute approximate surface area is 115 Å². The average molecular weight is 327 g/mol. The van der Waals surface area contributed by atoms with Crippen LogP contribution in [0.5, 0.6) is 0 Å². The highest BCUT2D eigenvalue weighted by Gasteiger charge is 2.28. The molecule has 0 aliphatic rings. The molecule has 2 rings (SSSR count). The second-order valence-electron chi connectivity index (χ2n) is 3.43. The molecule has 0 unspecified atom stereocenters. The van der Waals surface area contributed by atoms with Crippen molar-refractivity contribution in [3.63, 3.8) is 0 Å². The summed E-state index contributed by atoms with van der Waals surface area (Å²) in [5.74, 6) is -12.8. The highest BCUT2D eigenvalue weighted by atomic mass is 32.2. The molecule has 0 atom stereocenters. The van der Waals surface area contributed by atoms with Crippen molar-refractivity contribution in [3.05, 3.63) is 59.7 Å². The van der Waals surface area contributed by atoms with Crippen LogP contribution < -0.4 is 4.98 Å². The van der Waals surface area contributed by atoms with Crippen LogP contribution in [-0.4, -0.2) is 13.0 Å². The minimum atomic E-state index is -5.77. The Morgan fingerprint density at radius 3 is 1.38 bits per heavy atom. The van der Waals surface area contributed by atoms with Crippen molar-refractivity contribution in [3.8, 4) is 0 Å². The summed E-state index contributed by atoms with van der Waals surface area (Å²) in [7, 11) is -5.77. The van der Waals surface area contributed by atoms with Crippen molar-refractivity contribution >= 4 is 10.1 Å². The number of aromatic amines is 1. The van der Waals surface area contributed by atoms with Gasteiger partial charge in [0.1, 0.15) is 15.0 Å². The molecule has 0 bridgehead atoms. The van der Waals surface area contributed by atoms with E-state index in [1.807, 2.05) is 30.6 Å². The van der Waals surface area contributed by atoms with Crippen molar-refractivity contribution in [1.29, 1.82) is 0 Å². The van der Waals surface area contributed by atoms with E-state index in [9.17, 15) is 34.9 Å². The third-order valence-electron chi connectivity index (χ3n) is 2.03. The lowest BCUT2D eigenvalue weighted by molar-refractivity contribution is -0.377. The van der Waals surface area contributed by atoms with E-state index in [1.54, 1.807) is 0 Å². The third kappa shape index (κ3) is 3.95. The number of benzene rings is 1. The van der Waals surface area contributed by atoms with Gasteiger partial charge in [-0.3, -0.25) is 0 Å². The van der Waals surface area contributed by atoms with E-state index >= 15 is 0 Å². The molecule has 21 heavy (non-hydrogen) atoms. The van der Waals surface area contributed by atoms with Crippen LogP contribution in [0.4, 0.5) is 22.0 Å². The highest BCUT2D eigenvalue weighted by molar-refractivity contribution is 7.85. The van der Waals surface area contributed by atoms with Crippen molar-refractivity contribution in [1.82, 2.24) is 0 Å². The van der Waals surface area contributed by atoms with Gasteiger partial charge in [0.25, 0.3) is 0 Å². The second-order valence-corrected chi connectivity index (χ2v) is 4.75. The van der Waals surface area contributed by atoms with Crippen LogP contribution in [0.2, 0.25) is 0 Å². The van der Waals surface area contributed by atoms with Gasteiger partial charge in [0.15, 0.2) is 35.7 Å². The van der Waals surface area contributed by atoms with Crippen LogP contribution in [0, 0.1) is 29.1 Å². The van der Waals surface area contributed by atoms with Crippen molar-refractivity contribution in [2.24, 2.45) is 0 Å². The van der Waals surface area contributed by atoms with E-state index in [4.69, 9.17) is 0 Å². The summed E-state index contributed by atoms with van der Waals surface area (Å²) in [6.45, 7) is 0. The Kier molecular flexibility index (Phi) is 5.33. The lowest BCUT2D eigenvalue weighted by atomic mass is 10.3. The summed E-state index contributed by atoms with van der Waals surface area (Å²) in [4.78, 5) is 0.516. The molecule has 1 N–H and O–H groups in total. The van der Waals surface area contributed by atoms with E-state index in [0.717, 1.165) is 0 Å². The first kappa shape index (κ1) is 17.0. The third-order valence-corrected chi connectivity index (χ3v) is 2.89. The molecule has 1 aromatic carbocycles. The van der Waals surface area contributed by atoms with E-state index in [-0.39, 0.29) is 0 Å². The number of H-pyrrole nitrogens is 1. The fourth-order valence-corrected chi connectivity index (χ4v) is 1.76. The van der Waals surface area contributed by atoms with Gasteiger partial charge in [-0.05, 0) is 0 Å². The number of rotatable bonds is 1. The van der Waals surface area contributed by atoms with Gasteiger partial charge >= 0.3 is 0 Å². The van der Waals surface area contributed by atoms with Crippen molar-refractivity contribution in [2.45, 2.75) is 4.90 Å². The maximum Gasteiger partial charge on any atom is 0.200 e. The molecule has 0 aliphatic carbocycles.